The van der Waals surface area contributed by atoms with Crippen LogP contribution in [0.4, 0.5) is 5.69 Å². The Balaban J connectivity index is 2.19. The lowest BCUT2D eigenvalue weighted by Gasteiger charge is -2.15. The first-order valence-electron chi connectivity index (χ1n) is 9.44. The zero-order chi connectivity index (χ0) is 19.6. The van der Waals surface area contributed by atoms with Gasteiger partial charge in [-0.2, -0.15) is 0 Å². The van der Waals surface area contributed by atoms with E-state index in [0.717, 1.165) is 24.2 Å². The maximum atomic E-state index is 12.9. The van der Waals surface area contributed by atoms with E-state index in [0.29, 0.717) is 23.6 Å². The second kappa shape index (κ2) is 10.4. The van der Waals surface area contributed by atoms with Gasteiger partial charge in [-0.05, 0) is 48.2 Å². The first-order valence-corrected chi connectivity index (χ1v) is 9.44. The summed E-state index contributed by atoms with van der Waals surface area (Å²) in [6.07, 6.45) is 3.97. The number of hydrogen-bond donors (Lipinski definition) is 1. The van der Waals surface area contributed by atoms with Crippen LogP contribution in [0, 0.1) is 5.92 Å². The first kappa shape index (κ1) is 20.6. The molecule has 1 N–H and O–H groups in total. The molecule has 0 aliphatic rings. The summed E-state index contributed by atoms with van der Waals surface area (Å²) < 4.78 is 11.0. The summed E-state index contributed by atoms with van der Waals surface area (Å²) in [5.41, 5.74) is 2.37. The average Bonchev–Trinajstić information content (AvgIpc) is 2.67. The van der Waals surface area contributed by atoms with Crippen molar-refractivity contribution in [1.82, 2.24) is 0 Å². The summed E-state index contributed by atoms with van der Waals surface area (Å²) in [7, 11) is 1.64. The molecule has 2 aromatic carbocycles. The second-order valence-electron chi connectivity index (χ2n) is 6.68. The van der Waals surface area contributed by atoms with Crippen LogP contribution in [-0.2, 0) is 4.79 Å². The van der Waals surface area contributed by atoms with Gasteiger partial charge < -0.3 is 14.8 Å². The van der Waals surface area contributed by atoms with Gasteiger partial charge in [0.05, 0.1) is 19.4 Å². The van der Waals surface area contributed by atoms with Crippen molar-refractivity contribution < 1.29 is 14.3 Å². The molecular weight excluding hydrogens is 338 g/mol. The van der Waals surface area contributed by atoms with Gasteiger partial charge >= 0.3 is 0 Å². The molecule has 0 saturated carbocycles. The fraction of sp³-hybridized carbons (Fsp3) is 0.348. The molecule has 4 nitrogen and oxygen atoms in total. The Morgan fingerprint density at radius 3 is 2.44 bits per heavy atom. The van der Waals surface area contributed by atoms with Crippen LogP contribution in [-0.4, -0.2) is 19.6 Å². The Kier molecular flexibility index (Phi) is 7.93. The van der Waals surface area contributed by atoms with Crippen molar-refractivity contribution >= 4 is 17.7 Å². The molecule has 0 aliphatic heterocycles. The second-order valence-corrected chi connectivity index (χ2v) is 6.68. The number of para-hydroxylation sites is 2. The van der Waals surface area contributed by atoms with E-state index in [-0.39, 0.29) is 11.8 Å². The van der Waals surface area contributed by atoms with Crippen LogP contribution >= 0.6 is 0 Å². The first-order chi connectivity index (χ1) is 13.0. The van der Waals surface area contributed by atoms with Crippen molar-refractivity contribution in [3.8, 4) is 11.5 Å². The molecule has 0 aliphatic carbocycles. The van der Waals surface area contributed by atoms with Gasteiger partial charge in [-0.1, -0.05) is 51.5 Å². The minimum Gasteiger partial charge on any atom is -0.497 e. The van der Waals surface area contributed by atoms with Crippen LogP contribution in [0.3, 0.4) is 0 Å². The van der Waals surface area contributed by atoms with Crippen LogP contribution in [0.1, 0.15) is 39.2 Å². The smallest absolute Gasteiger partial charge is 0.251 e. The fourth-order valence-electron chi connectivity index (χ4n) is 2.59. The number of hydrogen-bond acceptors (Lipinski definition) is 3. The van der Waals surface area contributed by atoms with E-state index in [1.165, 1.54) is 0 Å². The maximum absolute atomic E-state index is 12.9. The van der Waals surface area contributed by atoms with Crippen molar-refractivity contribution in [2.45, 2.75) is 33.6 Å². The lowest BCUT2D eigenvalue weighted by Crippen LogP contribution is -2.18. The zero-order valence-electron chi connectivity index (χ0n) is 16.6. The van der Waals surface area contributed by atoms with Crippen molar-refractivity contribution in [3.05, 3.63) is 59.7 Å². The van der Waals surface area contributed by atoms with Crippen LogP contribution in [0.25, 0.3) is 6.08 Å². The predicted octanol–water partition coefficient (Wildman–Crippen LogP) is 5.55. The summed E-state index contributed by atoms with van der Waals surface area (Å²) in [5, 5.41) is 3.00. The minimum atomic E-state index is -0.118. The van der Waals surface area contributed by atoms with Crippen LogP contribution < -0.4 is 14.8 Å². The molecule has 0 atom stereocenters. The SMILES string of the molecule is CCCCOc1ccccc1NC(=O)/C(=C/c1ccc(OC)cc1)C(C)C. The van der Waals surface area contributed by atoms with E-state index >= 15 is 0 Å². The quantitative estimate of drug-likeness (QED) is 0.467. The molecule has 1 amide bonds. The highest BCUT2D eigenvalue weighted by atomic mass is 16.5. The molecule has 0 bridgehead atoms. The van der Waals surface area contributed by atoms with E-state index in [2.05, 4.69) is 12.2 Å². The highest BCUT2D eigenvalue weighted by molar-refractivity contribution is 6.07. The minimum absolute atomic E-state index is 0.0836. The number of anilines is 1. The molecule has 0 spiro atoms. The summed E-state index contributed by atoms with van der Waals surface area (Å²) in [6, 6.07) is 15.2. The summed E-state index contributed by atoms with van der Waals surface area (Å²) >= 11 is 0. The fourth-order valence-corrected chi connectivity index (χ4v) is 2.59. The van der Waals surface area contributed by atoms with Gasteiger partial charge in [-0.15, -0.1) is 0 Å². The third kappa shape index (κ3) is 6.17. The van der Waals surface area contributed by atoms with Gasteiger partial charge in [0.25, 0.3) is 5.91 Å². The lowest BCUT2D eigenvalue weighted by molar-refractivity contribution is -0.113. The molecule has 0 saturated heterocycles. The van der Waals surface area contributed by atoms with E-state index in [9.17, 15) is 4.79 Å². The van der Waals surface area contributed by atoms with E-state index < -0.39 is 0 Å². The molecular formula is C23H29NO3. The molecule has 0 heterocycles. The molecule has 0 radical (unpaired) electrons. The van der Waals surface area contributed by atoms with Crippen LogP contribution in [0.15, 0.2) is 54.1 Å². The van der Waals surface area contributed by atoms with Gasteiger partial charge in [-0.25, -0.2) is 0 Å². The van der Waals surface area contributed by atoms with Gasteiger partial charge in [-0.3, -0.25) is 4.79 Å². The molecule has 27 heavy (non-hydrogen) atoms. The summed E-state index contributed by atoms with van der Waals surface area (Å²) in [4.78, 5) is 12.9. The van der Waals surface area contributed by atoms with Gasteiger partial charge in [0.1, 0.15) is 11.5 Å². The standard InChI is InChI=1S/C23H29NO3/c1-5-6-15-27-22-10-8-7-9-21(22)24-23(25)20(17(2)3)16-18-11-13-19(26-4)14-12-18/h7-14,16-17H,5-6,15H2,1-4H3,(H,24,25)/b20-16+. The molecule has 144 valence electrons. The largest absolute Gasteiger partial charge is 0.497 e. The summed E-state index contributed by atoms with van der Waals surface area (Å²) in [6.45, 7) is 6.79. The predicted molar refractivity (Wildman–Crippen MR) is 111 cm³/mol. The topological polar surface area (TPSA) is 47.6 Å². The third-order valence-corrected chi connectivity index (χ3v) is 4.21. The molecule has 0 unspecified atom stereocenters. The highest BCUT2D eigenvalue weighted by Crippen LogP contribution is 2.26. The van der Waals surface area contributed by atoms with Gasteiger partial charge in [0.15, 0.2) is 0 Å². The number of rotatable bonds is 9. The molecule has 2 rings (SSSR count). The van der Waals surface area contributed by atoms with E-state index in [4.69, 9.17) is 9.47 Å². The van der Waals surface area contributed by atoms with Crippen molar-refractivity contribution in [1.29, 1.82) is 0 Å². The van der Waals surface area contributed by atoms with Gasteiger partial charge in [0, 0.05) is 5.57 Å². The third-order valence-electron chi connectivity index (χ3n) is 4.21. The number of nitrogens with one attached hydrogen (secondary N) is 1. The van der Waals surface area contributed by atoms with E-state index in [1.54, 1.807) is 7.11 Å². The Hall–Kier alpha value is -2.75. The Labute approximate surface area is 162 Å². The van der Waals surface area contributed by atoms with Crippen LogP contribution in [0.5, 0.6) is 11.5 Å². The molecule has 0 aromatic heterocycles. The Morgan fingerprint density at radius 2 is 1.81 bits per heavy atom. The number of benzene rings is 2. The number of ether oxygens (including phenoxy) is 2. The Morgan fingerprint density at radius 1 is 1.11 bits per heavy atom. The van der Waals surface area contributed by atoms with Crippen molar-refractivity contribution in [2.75, 3.05) is 19.0 Å². The van der Waals surface area contributed by atoms with Crippen molar-refractivity contribution in [3.63, 3.8) is 0 Å². The normalized spacial score (nSPS) is 11.4. The monoisotopic (exact) mass is 367 g/mol. The number of methoxy groups -OCH3 is 1. The number of amides is 1. The lowest BCUT2D eigenvalue weighted by atomic mass is 9.99. The molecule has 0 fully saturated rings. The molecule has 2 aromatic rings. The van der Waals surface area contributed by atoms with Gasteiger partial charge in [0.2, 0.25) is 0 Å². The highest BCUT2D eigenvalue weighted by Gasteiger charge is 2.15. The number of unbranched alkanes of at least 4 members (excludes halogenated alkanes) is 1. The zero-order valence-corrected chi connectivity index (χ0v) is 16.6. The van der Waals surface area contributed by atoms with Crippen LogP contribution in [0.2, 0.25) is 0 Å². The number of carbonyl (C=O) groups excluding carboxylic acids is 1. The summed E-state index contributed by atoms with van der Waals surface area (Å²) in [5.74, 6) is 1.46. The van der Waals surface area contributed by atoms with E-state index in [1.807, 2.05) is 68.5 Å². The Bertz CT molecular complexity index is 763. The number of carbonyl (C=O) groups is 1. The molecule has 4 heteroatoms. The maximum Gasteiger partial charge on any atom is 0.251 e. The average molecular weight is 367 g/mol. The van der Waals surface area contributed by atoms with Crippen molar-refractivity contribution in [2.24, 2.45) is 5.92 Å².